The molecule has 0 aliphatic carbocycles. The van der Waals surface area contributed by atoms with Crippen LogP contribution in [-0.2, 0) is 13.7 Å². The van der Waals surface area contributed by atoms with Gasteiger partial charge in [-0.1, -0.05) is 199 Å². The van der Waals surface area contributed by atoms with Gasteiger partial charge in [0.15, 0.2) is 11.2 Å². The maximum atomic E-state index is 15.9. The van der Waals surface area contributed by atoms with Crippen LogP contribution >= 0.6 is 11.3 Å². The van der Waals surface area contributed by atoms with Gasteiger partial charge < -0.3 is 23.2 Å². The number of carbonyl (C=O) groups excluding carboxylic acids is 1. The molecule has 1 saturated heterocycles. The molecule has 8 rings (SSSR count). The van der Waals surface area contributed by atoms with Crippen LogP contribution in [0.1, 0.15) is 79.7 Å². The molecule has 6 aromatic carbocycles. The summed E-state index contributed by atoms with van der Waals surface area (Å²) < 4.78 is 35.8. The predicted molar refractivity (Wildman–Crippen MR) is 289 cm³/mol. The third-order valence-corrected chi connectivity index (χ3v) is 23.5. The van der Waals surface area contributed by atoms with E-state index in [4.69, 9.17) is 28.1 Å². The van der Waals surface area contributed by atoms with Crippen molar-refractivity contribution in [3.63, 3.8) is 0 Å². The van der Waals surface area contributed by atoms with E-state index in [-0.39, 0.29) is 23.2 Å². The van der Waals surface area contributed by atoms with Crippen LogP contribution in [-0.4, -0.2) is 69.4 Å². The molecule has 7 aromatic rings. The van der Waals surface area contributed by atoms with E-state index in [2.05, 4.69) is 139 Å². The topological polar surface area (TPSA) is 82.6 Å². The number of anilines is 1. The zero-order valence-electron chi connectivity index (χ0n) is 42.2. The van der Waals surface area contributed by atoms with Gasteiger partial charge in [-0.05, 0) is 82.8 Å². The number of benzene rings is 6. The van der Waals surface area contributed by atoms with Gasteiger partial charge in [-0.25, -0.2) is 10.0 Å². The first-order valence-corrected chi connectivity index (χ1v) is 28.9. The number of hydrogen-bond acceptors (Lipinski definition) is 9. The average Bonchev–Trinajstić information content (AvgIpc) is 3.83. The Hall–Kier alpha value is -5.87. The Kier molecular flexibility index (Phi) is 14.8. The fourth-order valence-corrected chi connectivity index (χ4v) is 19.5. The van der Waals surface area contributed by atoms with Crippen molar-refractivity contribution in [1.82, 2.24) is 10.0 Å². The quantitative estimate of drug-likeness (QED) is 0.0507. The molecule has 70 heavy (non-hydrogen) atoms. The molecule has 1 amide bonds. The number of aromatic nitrogens is 1. The van der Waals surface area contributed by atoms with Crippen LogP contribution in [0, 0.1) is 0 Å². The van der Waals surface area contributed by atoms with Crippen LogP contribution in [0.15, 0.2) is 187 Å². The van der Waals surface area contributed by atoms with E-state index in [0.29, 0.717) is 23.2 Å². The third-order valence-electron chi connectivity index (χ3n) is 12.8. The molecule has 9 nitrogen and oxygen atoms in total. The Morgan fingerprint density at radius 2 is 1.01 bits per heavy atom. The molecule has 0 radical (unpaired) electrons. The van der Waals surface area contributed by atoms with E-state index in [1.807, 2.05) is 123 Å². The van der Waals surface area contributed by atoms with Gasteiger partial charge in [0.05, 0.1) is 24.8 Å². The molecule has 12 heteroatoms. The van der Waals surface area contributed by atoms with Gasteiger partial charge in [-0.3, -0.25) is 9.69 Å². The molecule has 0 N–H and O–H groups in total. The van der Waals surface area contributed by atoms with Crippen LogP contribution in [0.4, 0.5) is 5.13 Å². The maximum Gasteiger partial charge on any atom is 0.369 e. The Balaban J connectivity index is 1.24. The first-order chi connectivity index (χ1) is 33.4. The van der Waals surface area contributed by atoms with Gasteiger partial charge in [-0.15, -0.1) is 11.3 Å². The number of hydrogen-bond donors (Lipinski definition) is 0. The minimum absolute atomic E-state index is 0.186. The van der Waals surface area contributed by atoms with E-state index >= 15 is 4.79 Å². The largest absolute Gasteiger partial charge is 0.433 e. The number of thiazole rings is 1. The molecule has 1 aromatic heterocycles. The normalized spacial score (nSPS) is 15.7. The van der Waals surface area contributed by atoms with Gasteiger partial charge in [0.25, 0.3) is 22.5 Å². The van der Waals surface area contributed by atoms with Crippen LogP contribution in [0.25, 0.3) is 0 Å². The lowest BCUT2D eigenvalue weighted by Gasteiger charge is -2.56. The molecular weight excluding hydrogens is 923 g/mol. The van der Waals surface area contributed by atoms with E-state index in [9.17, 15) is 0 Å². The molecule has 0 bridgehead atoms. The number of nitrogens with zero attached hydrogens (tertiary/aromatic N) is 3. The van der Waals surface area contributed by atoms with Gasteiger partial charge >= 0.3 is 5.91 Å². The minimum Gasteiger partial charge on any atom is -0.433 e. The van der Waals surface area contributed by atoms with Gasteiger partial charge in [0.1, 0.15) is 17.2 Å². The zero-order valence-corrected chi connectivity index (χ0v) is 45.0. The summed E-state index contributed by atoms with van der Waals surface area (Å²) in [6, 6.07) is 60.5. The molecule has 0 saturated carbocycles. The zero-order chi connectivity index (χ0) is 49.8. The highest BCUT2D eigenvalue weighted by atomic mass is 32.1. The van der Waals surface area contributed by atoms with Crippen LogP contribution in [0.5, 0.6) is 11.5 Å². The van der Waals surface area contributed by atoms with Crippen LogP contribution < -0.4 is 35.1 Å². The Morgan fingerprint density at radius 3 is 1.40 bits per heavy atom. The lowest BCUT2D eigenvalue weighted by molar-refractivity contribution is -0.266. The lowest BCUT2D eigenvalue weighted by Crippen LogP contribution is -2.78. The van der Waals surface area contributed by atoms with E-state index in [1.165, 1.54) is 11.3 Å². The fourth-order valence-electron chi connectivity index (χ4n) is 9.57. The molecule has 364 valence electrons. The molecule has 2 unspecified atom stereocenters. The molecule has 2 heterocycles. The highest BCUT2D eigenvalue weighted by molar-refractivity contribution is 7.14. The second kappa shape index (κ2) is 20.5. The van der Waals surface area contributed by atoms with Crippen molar-refractivity contribution in [3.05, 3.63) is 193 Å². The van der Waals surface area contributed by atoms with Crippen molar-refractivity contribution in [2.24, 2.45) is 0 Å². The lowest BCUT2D eigenvalue weighted by atomic mass is 10.0. The summed E-state index contributed by atoms with van der Waals surface area (Å²) in [6.07, 6.45) is -0.537. The highest BCUT2D eigenvalue weighted by Gasteiger charge is 2.63. The van der Waals surface area contributed by atoms with E-state index in [1.54, 1.807) is 5.06 Å². The van der Waals surface area contributed by atoms with Crippen molar-refractivity contribution in [3.8, 4) is 11.5 Å². The smallest absolute Gasteiger partial charge is 0.369 e. The summed E-state index contributed by atoms with van der Waals surface area (Å²) in [4.78, 5) is 23.0. The second-order valence-corrected chi connectivity index (χ2v) is 30.4. The second-order valence-electron chi connectivity index (χ2n) is 21.0. The van der Waals surface area contributed by atoms with Crippen molar-refractivity contribution in [2.75, 3.05) is 18.1 Å². The van der Waals surface area contributed by atoms with Gasteiger partial charge in [0, 0.05) is 5.38 Å². The number of para-hydroxylation sites is 2. The average molecular weight is 990 g/mol. The van der Waals surface area contributed by atoms with Gasteiger partial charge in [-0.2, -0.15) is 0 Å². The summed E-state index contributed by atoms with van der Waals surface area (Å²) in [7, 11) is -6.44. The standard InChI is InChI=1S/C58H67N3O6SSi2/c1-44(42-63-69(56(5,6)7,47-33-21-13-22-34-47)48-35-23-14-24-36-48)61(67-70(57(8,9)10,49-37-25-15-26-38-49)50-39-27-16-28-40-50)53(62)51-43-68-54(59-51)60-41-52(66-55(2,3)4)58(60,64-45-29-17-11-18-30-45)65-46-31-19-12-20-32-46/h11-40,43-44,52H,41-42H2,1-10H3. The van der Waals surface area contributed by atoms with Crippen molar-refractivity contribution in [1.29, 1.82) is 0 Å². The Bertz CT molecular complexity index is 2650. The summed E-state index contributed by atoms with van der Waals surface area (Å²) >= 11 is 1.35. The fraction of sp³-hybridized carbons (Fsp3) is 0.310. The summed E-state index contributed by atoms with van der Waals surface area (Å²) in [6.45, 7) is 22.1. The molecule has 1 aliphatic rings. The first-order valence-electron chi connectivity index (χ1n) is 24.2. The first kappa shape index (κ1) is 50.5. The number of ether oxygens (including phenoxy) is 3. The molecule has 2 atom stereocenters. The minimum atomic E-state index is -3.39. The molecule has 1 aliphatic heterocycles. The summed E-state index contributed by atoms with van der Waals surface area (Å²) in [5, 5.41) is 7.56. The summed E-state index contributed by atoms with van der Waals surface area (Å²) in [5.41, 5.74) is -0.305. The Morgan fingerprint density at radius 1 is 0.629 bits per heavy atom. The SMILES string of the molecule is CC(CO[Si](c1ccccc1)(c1ccccc1)C(C)(C)C)N(O[Si](c1ccccc1)(c1ccccc1)C(C)(C)C)C(=O)c1csc(N2CC(OC(C)(C)C)C2(Oc2ccccc2)Oc2ccccc2)n1. The van der Waals surface area contributed by atoms with Crippen LogP contribution in [0.2, 0.25) is 10.1 Å². The summed E-state index contributed by atoms with van der Waals surface area (Å²) in [5.74, 6) is -0.664. The monoisotopic (exact) mass is 989 g/mol. The number of carbonyl (C=O) groups is 1. The van der Waals surface area contributed by atoms with Crippen molar-refractivity contribution < 1.29 is 28.0 Å². The maximum absolute atomic E-state index is 15.9. The van der Waals surface area contributed by atoms with Crippen LogP contribution in [0.3, 0.4) is 0 Å². The molecular formula is C58H67N3O6SSi2. The molecule has 1 fully saturated rings. The van der Waals surface area contributed by atoms with Gasteiger partial charge in [0.2, 0.25) is 0 Å². The van der Waals surface area contributed by atoms with E-state index in [0.717, 1.165) is 20.7 Å². The third kappa shape index (κ3) is 10.2. The predicted octanol–water partition coefficient (Wildman–Crippen LogP) is 10.9. The van der Waals surface area contributed by atoms with Crippen molar-refractivity contribution >= 4 is 59.8 Å². The number of rotatable bonds is 17. The highest BCUT2D eigenvalue weighted by Crippen LogP contribution is 2.45. The number of hydroxylamine groups is 2. The molecule has 0 spiro atoms. The number of amides is 1. The Labute approximate surface area is 421 Å². The van der Waals surface area contributed by atoms with Crippen molar-refractivity contribution in [2.45, 2.75) is 103 Å². The van der Waals surface area contributed by atoms with E-state index < -0.39 is 45.3 Å².